The van der Waals surface area contributed by atoms with Crippen molar-refractivity contribution in [3.05, 3.63) is 59.6 Å². The number of hydrogen-bond acceptors (Lipinski definition) is 8. The van der Waals surface area contributed by atoms with Gasteiger partial charge in [-0.25, -0.2) is 13.1 Å². The standard InChI is InChI=1S/C15H15N5O5S/c1-10-18-14(20-25-10)9-16-15(21)11-3-2-4-13(7-11)26(22,23)17-8-12-5-6-24-19-12/h2-7,17H,8-9H2,1H3,(H,16,21). The second-order valence-corrected chi connectivity index (χ2v) is 7.02. The van der Waals surface area contributed by atoms with Gasteiger partial charge in [0, 0.05) is 18.6 Å². The van der Waals surface area contributed by atoms with E-state index in [0.29, 0.717) is 17.4 Å². The molecule has 0 aliphatic carbocycles. The second kappa shape index (κ2) is 7.45. The van der Waals surface area contributed by atoms with Crippen molar-refractivity contribution < 1.29 is 22.3 Å². The molecule has 1 aromatic carbocycles. The fourth-order valence-corrected chi connectivity index (χ4v) is 3.10. The molecular formula is C15H15N5O5S. The number of aryl methyl sites for hydroxylation is 1. The molecule has 0 saturated carbocycles. The van der Waals surface area contributed by atoms with Gasteiger partial charge in [0.1, 0.15) is 6.26 Å². The van der Waals surface area contributed by atoms with Crippen LogP contribution in [0.5, 0.6) is 0 Å². The lowest BCUT2D eigenvalue weighted by molar-refractivity contribution is 0.0949. The number of carbonyl (C=O) groups excluding carboxylic acids is 1. The summed E-state index contributed by atoms with van der Waals surface area (Å²) >= 11 is 0. The minimum Gasteiger partial charge on any atom is -0.364 e. The molecule has 1 amide bonds. The first-order chi connectivity index (χ1) is 12.4. The number of hydrogen-bond donors (Lipinski definition) is 2. The van der Waals surface area contributed by atoms with Crippen LogP contribution in [0.2, 0.25) is 0 Å². The Labute approximate surface area is 148 Å². The average Bonchev–Trinajstić information content (AvgIpc) is 3.29. The zero-order valence-electron chi connectivity index (χ0n) is 13.7. The van der Waals surface area contributed by atoms with Crippen molar-refractivity contribution in [3.63, 3.8) is 0 Å². The first-order valence-corrected chi connectivity index (χ1v) is 8.99. The summed E-state index contributed by atoms with van der Waals surface area (Å²) < 4.78 is 36.5. The Kier molecular flexibility index (Phi) is 5.09. The third kappa shape index (κ3) is 4.32. The highest BCUT2D eigenvalue weighted by Crippen LogP contribution is 2.12. The summed E-state index contributed by atoms with van der Waals surface area (Å²) in [6.07, 6.45) is 1.35. The van der Waals surface area contributed by atoms with Gasteiger partial charge in [-0.2, -0.15) is 4.98 Å². The number of nitrogens with zero attached hydrogens (tertiary/aromatic N) is 3. The topological polar surface area (TPSA) is 140 Å². The molecule has 3 aromatic rings. The minimum absolute atomic E-state index is 0.0214. The summed E-state index contributed by atoms with van der Waals surface area (Å²) in [6.45, 7) is 1.68. The molecule has 10 nitrogen and oxygen atoms in total. The maximum atomic E-state index is 12.4. The summed E-state index contributed by atoms with van der Waals surface area (Å²) in [4.78, 5) is 16.1. The van der Waals surface area contributed by atoms with E-state index in [-0.39, 0.29) is 23.5 Å². The van der Waals surface area contributed by atoms with E-state index in [1.165, 1.54) is 30.5 Å². The van der Waals surface area contributed by atoms with E-state index in [1.54, 1.807) is 13.0 Å². The van der Waals surface area contributed by atoms with Gasteiger partial charge in [-0.3, -0.25) is 4.79 Å². The monoisotopic (exact) mass is 377 g/mol. The Bertz CT molecular complexity index is 997. The van der Waals surface area contributed by atoms with Crippen LogP contribution in [0.4, 0.5) is 0 Å². The van der Waals surface area contributed by atoms with E-state index < -0.39 is 15.9 Å². The van der Waals surface area contributed by atoms with Crippen molar-refractivity contribution in [1.29, 1.82) is 0 Å². The Morgan fingerprint density at radius 2 is 2.04 bits per heavy atom. The molecule has 2 heterocycles. The van der Waals surface area contributed by atoms with Crippen LogP contribution in [0, 0.1) is 6.92 Å². The molecule has 0 bridgehead atoms. The van der Waals surface area contributed by atoms with Crippen molar-refractivity contribution >= 4 is 15.9 Å². The number of amides is 1. The molecule has 26 heavy (non-hydrogen) atoms. The highest BCUT2D eigenvalue weighted by molar-refractivity contribution is 7.89. The number of sulfonamides is 1. The van der Waals surface area contributed by atoms with E-state index in [9.17, 15) is 13.2 Å². The maximum absolute atomic E-state index is 12.4. The summed E-state index contributed by atoms with van der Waals surface area (Å²) in [7, 11) is -3.81. The molecule has 2 N–H and O–H groups in total. The molecule has 0 saturated heterocycles. The normalized spacial score (nSPS) is 11.4. The zero-order valence-corrected chi connectivity index (χ0v) is 14.5. The van der Waals surface area contributed by atoms with Crippen molar-refractivity contribution in [2.75, 3.05) is 0 Å². The highest BCUT2D eigenvalue weighted by atomic mass is 32.2. The highest BCUT2D eigenvalue weighted by Gasteiger charge is 2.17. The Morgan fingerprint density at radius 1 is 1.19 bits per heavy atom. The van der Waals surface area contributed by atoms with Gasteiger partial charge >= 0.3 is 0 Å². The zero-order chi connectivity index (χ0) is 18.6. The van der Waals surface area contributed by atoms with Crippen molar-refractivity contribution in [1.82, 2.24) is 25.3 Å². The lowest BCUT2D eigenvalue weighted by atomic mass is 10.2. The fourth-order valence-electron chi connectivity index (χ4n) is 2.06. The van der Waals surface area contributed by atoms with Gasteiger partial charge in [-0.15, -0.1) is 0 Å². The molecule has 0 unspecified atom stereocenters. The van der Waals surface area contributed by atoms with Crippen LogP contribution in [-0.2, 0) is 23.1 Å². The summed E-state index contributed by atoms with van der Waals surface area (Å²) in [6, 6.07) is 7.21. The first kappa shape index (κ1) is 17.8. The lowest BCUT2D eigenvalue weighted by Crippen LogP contribution is -2.25. The van der Waals surface area contributed by atoms with Crippen LogP contribution >= 0.6 is 0 Å². The molecule has 11 heteroatoms. The molecule has 0 atom stereocenters. The second-order valence-electron chi connectivity index (χ2n) is 5.26. The number of aromatic nitrogens is 3. The first-order valence-electron chi connectivity index (χ1n) is 7.50. The Morgan fingerprint density at radius 3 is 2.73 bits per heavy atom. The average molecular weight is 377 g/mol. The molecule has 0 spiro atoms. The van der Waals surface area contributed by atoms with Crippen LogP contribution in [0.15, 0.2) is 50.5 Å². The van der Waals surface area contributed by atoms with Gasteiger partial charge < -0.3 is 14.4 Å². The molecule has 0 fully saturated rings. The number of rotatable bonds is 7. The summed E-state index contributed by atoms with van der Waals surface area (Å²) in [5, 5.41) is 9.89. The lowest BCUT2D eigenvalue weighted by Gasteiger charge is -2.07. The van der Waals surface area contributed by atoms with Crippen LogP contribution < -0.4 is 10.0 Å². The molecular weight excluding hydrogens is 362 g/mol. The summed E-state index contributed by atoms with van der Waals surface area (Å²) in [5.41, 5.74) is 0.632. The smallest absolute Gasteiger partial charge is 0.251 e. The molecule has 0 radical (unpaired) electrons. The number of nitrogens with one attached hydrogen (secondary N) is 2. The van der Waals surface area contributed by atoms with Crippen LogP contribution in [0.25, 0.3) is 0 Å². The maximum Gasteiger partial charge on any atom is 0.251 e. The predicted octanol–water partition coefficient (Wildman–Crippen LogP) is 0.775. The van der Waals surface area contributed by atoms with E-state index in [4.69, 9.17) is 4.52 Å². The molecule has 3 rings (SSSR count). The predicted molar refractivity (Wildman–Crippen MR) is 87.2 cm³/mol. The Balaban J connectivity index is 1.67. The van der Waals surface area contributed by atoms with Crippen molar-refractivity contribution in [2.45, 2.75) is 24.9 Å². The van der Waals surface area contributed by atoms with Gasteiger partial charge in [0.25, 0.3) is 5.91 Å². The van der Waals surface area contributed by atoms with Crippen molar-refractivity contribution in [2.24, 2.45) is 0 Å². The van der Waals surface area contributed by atoms with Gasteiger partial charge in [0.2, 0.25) is 15.9 Å². The molecule has 0 aliphatic heterocycles. The van der Waals surface area contributed by atoms with E-state index in [1.807, 2.05) is 0 Å². The van der Waals surface area contributed by atoms with E-state index in [2.05, 4.69) is 29.9 Å². The molecule has 2 aromatic heterocycles. The molecule has 0 aliphatic rings. The van der Waals surface area contributed by atoms with E-state index >= 15 is 0 Å². The van der Waals surface area contributed by atoms with Crippen molar-refractivity contribution in [3.8, 4) is 0 Å². The van der Waals surface area contributed by atoms with Crippen LogP contribution in [-0.4, -0.2) is 29.6 Å². The SMILES string of the molecule is Cc1nc(CNC(=O)c2cccc(S(=O)(=O)NCc3ccon3)c2)no1. The van der Waals surface area contributed by atoms with E-state index in [0.717, 1.165) is 0 Å². The summed E-state index contributed by atoms with van der Waals surface area (Å²) in [5.74, 6) is 0.260. The van der Waals surface area contributed by atoms with Gasteiger partial charge in [-0.1, -0.05) is 16.4 Å². The van der Waals surface area contributed by atoms with Gasteiger partial charge in [0.05, 0.1) is 23.7 Å². The van der Waals surface area contributed by atoms with Crippen LogP contribution in [0.1, 0.15) is 27.8 Å². The quantitative estimate of drug-likeness (QED) is 0.615. The molecule has 136 valence electrons. The Hall–Kier alpha value is -3.05. The van der Waals surface area contributed by atoms with Gasteiger partial charge in [0.15, 0.2) is 5.82 Å². The third-order valence-corrected chi connectivity index (χ3v) is 4.72. The fraction of sp³-hybridized carbons (Fsp3) is 0.200. The van der Waals surface area contributed by atoms with Gasteiger partial charge in [-0.05, 0) is 18.2 Å². The third-order valence-electron chi connectivity index (χ3n) is 3.32. The minimum atomic E-state index is -3.81. The number of benzene rings is 1. The number of carbonyl (C=O) groups is 1. The largest absolute Gasteiger partial charge is 0.364 e. The van der Waals surface area contributed by atoms with Crippen LogP contribution in [0.3, 0.4) is 0 Å².